The monoisotopic (exact) mass is 521 g/mol. The molecule has 0 saturated carbocycles. The molecule has 39 heavy (non-hydrogen) atoms. The Morgan fingerprint density at radius 3 is 2.26 bits per heavy atom. The summed E-state index contributed by atoms with van der Waals surface area (Å²) in [6, 6.07) is 27.1. The molecule has 1 atom stereocenters. The SMILES string of the molecule is COc1ccc(-c2ccc(C)c(/C=C/C3NCCc4cc(OCc5ccccc5)c(OC)cc43)c2)cc1OC. The van der Waals surface area contributed by atoms with E-state index in [-0.39, 0.29) is 6.04 Å². The maximum Gasteiger partial charge on any atom is 0.161 e. The summed E-state index contributed by atoms with van der Waals surface area (Å²) in [6.07, 6.45) is 5.39. The fourth-order valence-electron chi connectivity index (χ4n) is 4.99. The average molecular weight is 522 g/mol. The Balaban J connectivity index is 1.39. The van der Waals surface area contributed by atoms with Gasteiger partial charge in [0, 0.05) is 6.54 Å². The molecule has 1 heterocycles. The van der Waals surface area contributed by atoms with Crippen molar-refractivity contribution in [3.8, 4) is 34.1 Å². The molecule has 1 aliphatic heterocycles. The second-order valence-corrected chi connectivity index (χ2v) is 9.66. The van der Waals surface area contributed by atoms with Crippen molar-refractivity contribution in [1.82, 2.24) is 5.32 Å². The number of hydrogen-bond acceptors (Lipinski definition) is 5. The smallest absolute Gasteiger partial charge is 0.161 e. The molecule has 0 aromatic heterocycles. The maximum absolute atomic E-state index is 6.17. The molecule has 5 rings (SSSR count). The van der Waals surface area contributed by atoms with Gasteiger partial charge in [0.25, 0.3) is 0 Å². The lowest BCUT2D eigenvalue weighted by atomic mass is 9.92. The van der Waals surface area contributed by atoms with Crippen LogP contribution in [0.4, 0.5) is 0 Å². The zero-order chi connectivity index (χ0) is 27.2. The quantitative estimate of drug-likeness (QED) is 0.253. The third-order valence-electron chi connectivity index (χ3n) is 7.22. The van der Waals surface area contributed by atoms with Gasteiger partial charge in [0.15, 0.2) is 23.0 Å². The number of fused-ring (bicyclic) bond motifs is 1. The fourth-order valence-corrected chi connectivity index (χ4v) is 4.99. The van der Waals surface area contributed by atoms with E-state index in [9.17, 15) is 0 Å². The van der Waals surface area contributed by atoms with Crippen molar-refractivity contribution in [1.29, 1.82) is 0 Å². The standard InChI is InChI=1S/C34H35NO4/c1-23-10-11-26(27-13-15-31(36-2)32(19-27)37-3)18-25(23)12-14-30-29-21-33(38-4)34(20-28(29)16-17-35-30)39-22-24-8-6-5-7-9-24/h5-15,18-21,30,35H,16-17,22H2,1-4H3/b14-12+. The molecule has 4 aromatic carbocycles. The Hall–Kier alpha value is -4.22. The van der Waals surface area contributed by atoms with Crippen molar-refractivity contribution in [2.45, 2.75) is 26.0 Å². The first-order valence-corrected chi connectivity index (χ1v) is 13.2. The zero-order valence-corrected chi connectivity index (χ0v) is 23.0. The second kappa shape index (κ2) is 12.1. The van der Waals surface area contributed by atoms with E-state index >= 15 is 0 Å². The van der Waals surface area contributed by atoms with Gasteiger partial charge < -0.3 is 24.3 Å². The number of hydrogen-bond donors (Lipinski definition) is 1. The summed E-state index contributed by atoms with van der Waals surface area (Å²) in [7, 11) is 5.01. The van der Waals surface area contributed by atoms with Crippen LogP contribution in [-0.4, -0.2) is 27.9 Å². The number of nitrogens with one attached hydrogen (secondary N) is 1. The van der Waals surface area contributed by atoms with Crippen LogP contribution in [0.5, 0.6) is 23.0 Å². The Morgan fingerprint density at radius 1 is 0.769 bits per heavy atom. The largest absolute Gasteiger partial charge is 0.493 e. The van der Waals surface area contributed by atoms with Crippen LogP contribution in [0, 0.1) is 6.92 Å². The van der Waals surface area contributed by atoms with Gasteiger partial charge in [0.05, 0.1) is 27.4 Å². The molecular formula is C34H35NO4. The number of methoxy groups -OCH3 is 3. The topological polar surface area (TPSA) is 49.0 Å². The summed E-state index contributed by atoms with van der Waals surface area (Å²) in [5.74, 6) is 2.97. The molecule has 1 unspecified atom stereocenters. The van der Waals surface area contributed by atoms with E-state index in [1.54, 1.807) is 21.3 Å². The van der Waals surface area contributed by atoms with Gasteiger partial charge in [-0.1, -0.05) is 60.7 Å². The van der Waals surface area contributed by atoms with E-state index < -0.39 is 0 Å². The zero-order valence-electron chi connectivity index (χ0n) is 23.0. The van der Waals surface area contributed by atoms with Gasteiger partial charge >= 0.3 is 0 Å². The van der Waals surface area contributed by atoms with Gasteiger partial charge in [-0.15, -0.1) is 0 Å². The van der Waals surface area contributed by atoms with Crippen molar-refractivity contribution in [2.24, 2.45) is 0 Å². The summed E-state index contributed by atoms with van der Waals surface area (Å²) in [6.45, 7) is 3.55. The molecule has 0 saturated heterocycles. The summed E-state index contributed by atoms with van der Waals surface area (Å²) in [4.78, 5) is 0. The van der Waals surface area contributed by atoms with Gasteiger partial charge in [-0.25, -0.2) is 0 Å². The van der Waals surface area contributed by atoms with Gasteiger partial charge in [0.2, 0.25) is 0 Å². The van der Waals surface area contributed by atoms with Crippen molar-refractivity contribution in [3.05, 3.63) is 113 Å². The highest BCUT2D eigenvalue weighted by Crippen LogP contribution is 2.37. The number of rotatable bonds is 9. The van der Waals surface area contributed by atoms with Crippen molar-refractivity contribution < 1.29 is 18.9 Å². The van der Waals surface area contributed by atoms with Crippen LogP contribution >= 0.6 is 0 Å². The maximum atomic E-state index is 6.17. The van der Waals surface area contributed by atoms with Crippen LogP contribution in [-0.2, 0) is 13.0 Å². The normalized spacial score (nSPS) is 14.6. The van der Waals surface area contributed by atoms with Crippen LogP contribution in [0.1, 0.15) is 33.9 Å². The molecule has 1 aliphatic rings. The molecule has 4 aromatic rings. The van der Waals surface area contributed by atoms with Crippen LogP contribution in [0.15, 0.2) is 84.9 Å². The molecule has 1 N–H and O–H groups in total. The van der Waals surface area contributed by atoms with Crippen LogP contribution in [0.25, 0.3) is 17.2 Å². The first-order chi connectivity index (χ1) is 19.1. The third kappa shape index (κ3) is 5.94. The lowest BCUT2D eigenvalue weighted by Gasteiger charge is -2.26. The minimum Gasteiger partial charge on any atom is -0.493 e. The van der Waals surface area contributed by atoms with Crippen molar-refractivity contribution in [3.63, 3.8) is 0 Å². The van der Waals surface area contributed by atoms with Crippen molar-refractivity contribution in [2.75, 3.05) is 27.9 Å². The van der Waals surface area contributed by atoms with Gasteiger partial charge in [-0.05, 0) is 82.6 Å². The third-order valence-corrected chi connectivity index (χ3v) is 7.22. The lowest BCUT2D eigenvalue weighted by molar-refractivity contribution is 0.283. The highest BCUT2D eigenvalue weighted by molar-refractivity contribution is 5.71. The Labute approximate surface area is 231 Å². The molecule has 0 fully saturated rings. The van der Waals surface area contributed by atoms with E-state index in [4.69, 9.17) is 18.9 Å². The molecule has 200 valence electrons. The molecule has 0 radical (unpaired) electrons. The number of benzene rings is 4. The predicted octanol–water partition coefficient (Wildman–Crippen LogP) is 7.17. The molecule has 5 nitrogen and oxygen atoms in total. The minimum atomic E-state index is 0.0787. The second-order valence-electron chi connectivity index (χ2n) is 9.66. The summed E-state index contributed by atoms with van der Waals surface area (Å²) < 4.78 is 22.8. The van der Waals surface area contributed by atoms with Crippen LogP contribution < -0.4 is 24.3 Å². The van der Waals surface area contributed by atoms with Crippen LogP contribution in [0.2, 0.25) is 0 Å². The Morgan fingerprint density at radius 2 is 1.49 bits per heavy atom. The van der Waals surface area contributed by atoms with E-state index in [0.717, 1.165) is 52.7 Å². The van der Waals surface area contributed by atoms with Gasteiger partial charge in [-0.3, -0.25) is 0 Å². The summed E-state index contributed by atoms with van der Waals surface area (Å²) in [5, 5.41) is 3.65. The molecule has 5 heteroatoms. The van der Waals surface area contributed by atoms with E-state index in [1.807, 2.05) is 30.3 Å². The predicted molar refractivity (Wildman–Crippen MR) is 157 cm³/mol. The highest BCUT2D eigenvalue weighted by atomic mass is 16.5. The van der Waals surface area contributed by atoms with E-state index in [1.165, 1.54) is 22.3 Å². The van der Waals surface area contributed by atoms with E-state index in [0.29, 0.717) is 6.61 Å². The van der Waals surface area contributed by atoms with Gasteiger partial charge in [0.1, 0.15) is 6.61 Å². The summed E-state index contributed by atoms with van der Waals surface area (Å²) >= 11 is 0. The molecule has 0 amide bonds. The number of aryl methyl sites for hydroxylation is 1. The summed E-state index contributed by atoms with van der Waals surface area (Å²) in [5.41, 5.74) is 8.22. The fraction of sp³-hybridized carbons (Fsp3) is 0.235. The Kier molecular flexibility index (Phi) is 8.18. The average Bonchev–Trinajstić information content (AvgIpc) is 2.99. The first kappa shape index (κ1) is 26.4. The van der Waals surface area contributed by atoms with Gasteiger partial charge in [-0.2, -0.15) is 0 Å². The first-order valence-electron chi connectivity index (χ1n) is 13.2. The Bertz CT molecular complexity index is 1460. The molecule has 0 bridgehead atoms. The van der Waals surface area contributed by atoms with Crippen molar-refractivity contribution >= 4 is 6.08 Å². The molecular weight excluding hydrogens is 486 g/mol. The van der Waals surface area contributed by atoms with E-state index in [2.05, 4.69) is 72.9 Å². The van der Waals surface area contributed by atoms with Crippen LogP contribution in [0.3, 0.4) is 0 Å². The lowest BCUT2D eigenvalue weighted by Crippen LogP contribution is -2.28. The highest BCUT2D eigenvalue weighted by Gasteiger charge is 2.21. The molecule has 0 spiro atoms. The number of ether oxygens (including phenoxy) is 4. The molecule has 0 aliphatic carbocycles. The minimum absolute atomic E-state index is 0.0787.